The Hall–Kier alpha value is -0.710. The van der Waals surface area contributed by atoms with E-state index in [1.54, 1.807) is 0 Å². The summed E-state index contributed by atoms with van der Waals surface area (Å²) in [4.78, 5) is 2.57. The molecule has 20 heavy (non-hydrogen) atoms. The van der Waals surface area contributed by atoms with Gasteiger partial charge >= 0.3 is 0 Å². The summed E-state index contributed by atoms with van der Waals surface area (Å²) in [6.45, 7) is 6.90. The van der Waals surface area contributed by atoms with Crippen LogP contribution >= 0.6 is 11.8 Å². The van der Waals surface area contributed by atoms with Crippen molar-refractivity contribution < 1.29 is 0 Å². The Bertz CT molecular complexity index is 430. The third-order valence-electron chi connectivity index (χ3n) is 4.19. The molecular formula is C16H25N3S. The molecule has 0 amide bonds. The van der Waals surface area contributed by atoms with Crippen molar-refractivity contribution in [3.63, 3.8) is 0 Å². The van der Waals surface area contributed by atoms with Crippen LogP contribution in [0.3, 0.4) is 0 Å². The Labute approximate surface area is 126 Å². The fourth-order valence-electron chi connectivity index (χ4n) is 3.01. The van der Waals surface area contributed by atoms with Crippen LogP contribution in [0.25, 0.3) is 0 Å². The summed E-state index contributed by atoms with van der Waals surface area (Å²) < 4.78 is 0. The Morgan fingerprint density at radius 3 is 3.05 bits per heavy atom. The predicted molar refractivity (Wildman–Crippen MR) is 88.7 cm³/mol. The van der Waals surface area contributed by atoms with Crippen molar-refractivity contribution in [1.29, 1.82) is 0 Å². The number of aryl methyl sites for hydroxylation is 1. The van der Waals surface area contributed by atoms with Gasteiger partial charge in [0, 0.05) is 56.5 Å². The standard InChI is InChI=1S/C16H25N3S/c1-3-14-5-2-6-18-16(14)15(4-1)13-17-7-8-19-9-11-20-12-10-19/h1,3-4,17-18H,2,5-13H2. The zero-order chi connectivity index (χ0) is 13.6. The van der Waals surface area contributed by atoms with E-state index >= 15 is 0 Å². The molecule has 2 N–H and O–H groups in total. The number of fused-ring (bicyclic) bond motifs is 1. The molecule has 0 bridgehead atoms. The molecule has 1 aromatic carbocycles. The Kier molecular flexibility index (Phi) is 5.23. The minimum absolute atomic E-state index is 0.985. The molecule has 1 saturated heterocycles. The van der Waals surface area contributed by atoms with Crippen molar-refractivity contribution in [2.45, 2.75) is 19.4 Å². The number of nitrogens with zero attached hydrogens (tertiary/aromatic N) is 1. The van der Waals surface area contributed by atoms with Crippen LogP contribution in [0.4, 0.5) is 5.69 Å². The van der Waals surface area contributed by atoms with E-state index in [2.05, 4.69) is 45.5 Å². The smallest absolute Gasteiger partial charge is 0.0418 e. The minimum atomic E-state index is 0.985. The van der Waals surface area contributed by atoms with Crippen molar-refractivity contribution in [3.8, 4) is 0 Å². The summed E-state index contributed by atoms with van der Waals surface area (Å²) in [5.74, 6) is 2.60. The molecule has 1 fully saturated rings. The number of hydrogen-bond donors (Lipinski definition) is 2. The van der Waals surface area contributed by atoms with E-state index in [0.717, 1.165) is 19.6 Å². The Morgan fingerprint density at radius 1 is 1.25 bits per heavy atom. The van der Waals surface area contributed by atoms with Crippen molar-refractivity contribution in [3.05, 3.63) is 29.3 Å². The van der Waals surface area contributed by atoms with Crippen LogP contribution in [-0.4, -0.2) is 49.1 Å². The summed E-state index contributed by atoms with van der Waals surface area (Å²) in [6.07, 6.45) is 2.48. The highest BCUT2D eigenvalue weighted by atomic mass is 32.2. The fourth-order valence-corrected chi connectivity index (χ4v) is 3.99. The van der Waals surface area contributed by atoms with Crippen LogP contribution in [0, 0.1) is 0 Å². The molecule has 2 aliphatic heterocycles. The van der Waals surface area contributed by atoms with Gasteiger partial charge in [0.2, 0.25) is 0 Å². The lowest BCUT2D eigenvalue weighted by Gasteiger charge is -2.26. The molecule has 0 atom stereocenters. The highest BCUT2D eigenvalue weighted by molar-refractivity contribution is 7.99. The number of para-hydroxylation sites is 1. The molecule has 110 valence electrons. The first-order chi connectivity index (χ1) is 9.93. The van der Waals surface area contributed by atoms with Gasteiger partial charge < -0.3 is 15.5 Å². The van der Waals surface area contributed by atoms with Gasteiger partial charge in [-0.05, 0) is 24.0 Å². The molecule has 1 aromatic rings. The number of anilines is 1. The van der Waals surface area contributed by atoms with Gasteiger partial charge in [-0.15, -0.1) is 0 Å². The van der Waals surface area contributed by atoms with E-state index in [9.17, 15) is 0 Å². The van der Waals surface area contributed by atoms with E-state index in [4.69, 9.17) is 0 Å². The van der Waals surface area contributed by atoms with Crippen LogP contribution in [0.5, 0.6) is 0 Å². The summed E-state index contributed by atoms with van der Waals surface area (Å²) in [5.41, 5.74) is 4.31. The first-order valence-electron chi connectivity index (χ1n) is 7.79. The van der Waals surface area contributed by atoms with Crippen LogP contribution in [0.15, 0.2) is 18.2 Å². The average Bonchev–Trinajstić information content (AvgIpc) is 2.53. The van der Waals surface area contributed by atoms with Crippen molar-refractivity contribution in [2.24, 2.45) is 0 Å². The van der Waals surface area contributed by atoms with E-state index in [1.165, 1.54) is 60.8 Å². The first kappa shape index (κ1) is 14.2. The van der Waals surface area contributed by atoms with Crippen LogP contribution in [0.2, 0.25) is 0 Å². The minimum Gasteiger partial charge on any atom is -0.385 e. The molecule has 0 aromatic heterocycles. The van der Waals surface area contributed by atoms with Crippen LogP contribution in [0.1, 0.15) is 17.5 Å². The Balaban J connectivity index is 1.46. The van der Waals surface area contributed by atoms with E-state index in [1.807, 2.05) is 0 Å². The second kappa shape index (κ2) is 7.34. The van der Waals surface area contributed by atoms with Crippen molar-refractivity contribution in [1.82, 2.24) is 10.2 Å². The monoisotopic (exact) mass is 291 g/mol. The molecule has 0 saturated carbocycles. The summed E-state index contributed by atoms with van der Waals surface area (Å²) in [6, 6.07) is 6.71. The lowest BCUT2D eigenvalue weighted by Crippen LogP contribution is -2.37. The molecular weight excluding hydrogens is 266 g/mol. The van der Waals surface area contributed by atoms with E-state index in [-0.39, 0.29) is 0 Å². The maximum atomic E-state index is 3.61. The highest BCUT2D eigenvalue weighted by Gasteiger charge is 2.12. The van der Waals surface area contributed by atoms with Crippen molar-refractivity contribution in [2.75, 3.05) is 49.5 Å². The molecule has 4 heteroatoms. The van der Waals surface area contributed by atoms with E-state index in [0.29, 0.717) is 0 Å². The van der Waals surface area contributed by atoms with Gasteiger partial charge in [-0.1, -0.05) is 18.2 Å². The van der Waals surface area contributed by atoms with Gasteiger partial charge in [0.05, 0.1) is 0 Å². The van der Waals surface area contributed by atoms with Crippen LogP contribution in [-0.2, 0) is 13.0 Å². The van der Waals surface area contributed by atoms with Crippen LogP contribution < -0.4 is 10.6 Å². The number of hydrogen-bond acceptors (Lipinski definition) is 4. The Morgan fingerprint density at radius 2 is 2.15 bits per heavy atom. The largest absolute Gasteiger partial charge is 0.385 e. The number of benzene rings is 1. The topological polar surface area (TPSA) is 27.3 Å². The van der Waals surface area contributed by atoms with Gasteiger partial charge in [0.15, 0.2) is 0 Å². The molecule has 0 unspecified atom stereocenters. The lowest BCUT2D eigenvalue weighted by molar-refractivity contribution is 0.301. The molecule has 2 heterocycles. The van der Waals surface area contributed by atoms with Gasteiger partial charge in [0.1, 0.15) is 0 Å². The second-order valence-corrected chi connectivity index (χ2v) is 6.84. The van der Waals surface area contributed by atoms with Gasteiger partial charge in [0.25, 0.3) is 0 Å². The fraction of sp³-hybridized carbons (Fsp3) is 0.625. The maximum Gasteiger partial charge on any atom is 0.0418 e. The molecule has 3 nitrogen and oxygen atoms in total. The third-order valence-corrected chi connectivity index (χ3v) is 5.13. The van der Waals surface area contributed by atoms with Gasteiger partial charge in [-0.25, -0.2) is 0 Å². The zero-order valence-electron chi connectivity index (χ0n) is 12.2. The number of rotatable bonds is 5. The third kappa shape index (κ3) is 3.68. The number of nitrogens with one attached hydrogen (secondary N) is 2. The first-order valence-corrected chi connectivity index (χ1v) is 8.94. The summed E-state index contributed by atoms with van der Waals surface area (Å²) >= 11 is 2.08. The predicted octanol–water partition coefficient (Wildman–Crippen LogP) is 2.18. The molecule has 3 rings (SSSR count). The number of thioether (sulfide) groups is 1. The molecule has 2 aliphatic rings. The molecule has 0 spiro atoms. The normalized spacial score (nSPS) is 19.4. The van der Waals surface area contributed by atoms with Crippen molar-refractivity contribution >= 4 is 17.4 Å². The maximum absolute atomic E-state index is 3.61. The molecule has 0 aliphatic carbocycles. The highest BCUT2D eigenvalue weighted by Crippen LogP contribution is 2.25. The molecule has 0 radical (unpaired) electrons. The van der Waals surface area contributed by atoms with E-state index < -0.39 is 0 Å². The SMILES string of the molecule is c1cc2c(c(CNCCN3CCSCC3)c1)NCCC2. The zero-order valence-corrected chi connectivity index (χ0v) is 13.0. The second-order valence-electron chi connectivity index (χ2n) is 5.61. The lowest BCUT2D eigenvalue weighted by atomic mass is 9.99. The van der Waals surface area contributed by atoms with Gasteiger partial charge in [-0.2, -0.15) is 11.8 Å². The summed E-state index contributed by atoms with van der Waals surface area (Å²) in [7, 11) is 0. The quantitative estimate of drug-likeness (QED) is 0.813. The average molecular weight is 291 g/mol. The summed E-state index contributed by atoms with van der Waals surface area (Å²) in [5, 5.41) is 7.18. The van der Waals surface area contributed by atoms with Gasteiger partial charge in [-0.3, -0.25) is 0 Å².